The van der Waals surface area contributed by atoms with Crippen LogP contribution in [0.1, 0.15) is 27.4 Å². The Morgan fingerprint density at radius 2 is 2.04 bits per heavy atom. The molecule has 0 aromatic heterocycles. The summed E-state index contributed by atoms with van der Waals surface area (Å²) in [6.45, 7) is 2.15. The minimum absolute atomic E-state index is 0.176. The number of carbonyl (C=O) groups excluding carboxylic acids is 1. The van der Waals surface area contributed by atoms with Crippen molar-refractivity contribution in [2.24, 2.45) is 0 Å². The van der Waals surface area contributed by atoms with Crippen LogP contribution in [0.25, 0.3) is 0 Å². The van der Waals surface area contributed by atoms with Crippen molar-refractivity contribution < 1.29 is 9.53 Å². The molecule has 0 unspecified atom stereocenters. The molecule has 3 rings (SSSR count). The number of methoxy groups -OCH3 is 1. The van der Waals surface area contributed by atoms with Gasteiger partial charge in [0.2, 0.25) is 0 Å². The van der Waals surface area contributed by atoms with Gasteiger partial charge in [0.1, 0.15) is 5.75 Å². The molecule has 1 saturated heterocycles. The molecule has 0 bridgehead atoms. The molecule has 1 amide bonds. The van der Waals surface area contributed by atoms with Gasteiger partial charge < -0.3 is 15.8 Å². The SMILES string of the molecule is COc1cccc(CNC(=O)c2ccc(C3CNNC3)cc2N)c1. The van der Waals surface area contributed by atoms with Crippen LogP contribution < -0.4 is 26.6 Å². The van der Waals surface area contributed by atoms with Crippen LogP contribution in [0.5, 0.6) is 5.75 Å². The van der Waals surface area contributed by atoms with Crippen LogP contribution in [0, 0.1) is 0 Å². The van der Waals surface area contributed by atoms with E-state index in [1.54, 1.807) is 13.2 Å². The first-order valence-corrected chi connectivity index (χ1v) is 7.93. The first kappa shape index (κ1) is 16.3. The zero-order valence-corrected chi connectivity index (χ0v) is 13.6. The highest BCUT2D eigenvalue weighted by atomic mass is 16.5. The molecule has 2 aromatic carbocycles. The highest BCUT2D eigenvalue weighted by Gasteiger charge is 2.18. The second-order valence-corrected chi connectivity index (χ2v) is 5.84. The molecule has 0 aliphatic carbocycles. The highest BCUT2D eigenvalue weighted by molar-refractivity contribution is 5.99. The number of benzene rings is 2. The van der Waals surface area contributed by atoms with Crippen molar-refractivity contribution in [2.45, 2.75) is 12.5 Å². The molecule has 5 N–H and O–H groups in total. The number of hydrazine groups is 1. The smallest absolute Gasteiger partial charge is 0.253 e. The van der Waals surface area contributed by atoms with E-state index < -0.39 is 0 Å². The lowest BCUT2D eigenvalue weighted by Gasteiger charge is -2.12. The number of nitrogens with one attached hydrogen (secondary N) is 3. The average Bonchev–Trinajstić information content (AvgIpc) is 3.14. The molecule has 1 heterocycles. The van der Waals surface area contributed by atoms with Crippen molar-refractivity contribution >= 4 is 11.6 Å². The molecule has 1 aliphatic rings. The third-order valence-corrected chi connectivity index (χ3v) is 4.20. The van der Waals surface area contributed by atoms with Gasteiger partial charge in [-0.05, 0) is 35.4 Å². The van der Waals surface area contributed by atoms with Crippen molar-refractivity contribution in [3.05, 3.63) is 59.2 Å². The van der Waals surface area contributed by atoms with E-state index in [2.05, 4.69) is 16.2 Å². The van der Waals surface area contributed by atoms with Gasteiger partial charge in [0.15, 0.2) is 0 Å². The van der Waals surface area contributed by atoms with Gasteiger partial charge in [0.05, 0.1) is 12.7 Å². The Morgan fingerprint density at radius 3 is 2.75 bits per heavy atom. The van der Waals surface area contributed by atoms with Crippen LogP contribution in [-0.4, -0.2) is 26.1 Å². The Morgan fingerprint density at radius 1 is 1.25 bits per heavy atom. The Labute approximate surface area is 141 Å². The molecule has 2 aromatic rings. The van der Waals surface area contributed by atoms with Gasteiger partial charge in [-0.1, -0.05) is 18.2 Å². The minimum atomic E-state index is -0.176. The van der Waals surface area contributed by atoms with Gasteiger partial charge in [0, 0.05) is 31.2 Å². The van der Waals surface area contributed by atoms with Gasteiger partial charge >= 0.3 is 0 Å². The zero-order chi connectivity index (χ0) is 16.9. The molecule has 24 heavy (non-hydrogen) atoms. The molecule has 6 heteroatoms. The molecule has 0 spiro atoms. The lowest BCUT2D eigenvalue weighted by Crippen LogP contribution is -2.24. The van der Waals surface area contributed by atoms with E-state index in [1.807, 2.05) is 36.4 Å². The van der Waals surface area contributed by atoms with E-state index in [0.717, 1.165) is 30.0 Å². The summed E-state index contributed by atoms with van der Waals surface area (Å²) in [4.78, 5) is 12.4. The lowest BCUT2D eigenvalue weighted by molar-refractivity contribution is 0.0951. The second-order valence-electron chi connectivity index (χ2n) is 5.84. The number of hydrogen-bond acceptors (Lipinski definition) is 5. The van der Waals surface area contributed by atoms with Crippen LogP contribution in [0.4, 0.5) is 5.69 Å². The van der Waals surface area contributed by atoms with E-state index in [0.29, 0.717) is 23.7 Å². The summed E-state index contributed by atoms with van der Waals surface area (Å²) in [6.07, 6.45) is 0. The third-order valence-electron chi connectivity index (χ3n) is 4.20. The molecular weight excluding hydrogens is 304 g/mol. The number of nitrogen functional groups attached to an aromatic ring is 1. The number of rotatable bonds is 5. The Kier molecular flexibility index (Phi) is 4.98. The first-order chi connectivity index (χ1) is 11.7. The monoisotopic (exact) mass is 326 g/mol. The van der Waals surface area contributed by atoms with E-state index in [1.165, 1.54) is 0 Å². The zero-order valence-electron chi connectivity index (χ0n) is 13.6. The van der Waals surface area contributed by atoms with Gasteiger partial charge in [-0.2, -0.15) is 0 Å². The van der Waals surface area contributed by atoms with Crippen LogP contribution in [-0.2, 0) is 6.54 Å². The van der Waals surface area contributed by atoms with Gasteiger partial charge in [0.25, 0.3) is 5.91 Å². The molecule has 0 saturated carbocycles. The minimum Gasteiger partial charge on any atom is -0.497 e. The fourth-order valence-corrected chi connectivity index (χ4v) is 2.80. The summed E-state index contributed by atoms with van der Waals surface area (Å²) in [5.41, 5.74) is 15.4. The fraction of sp³-hybridized carbons (Fsp3) is 0.278. The van der Waals surface area contributed by atoms with E-state index in [4.69, 9.17) is 10.5 Å². The summed E-state index contributed by atoms with van der Waals surface area (Å²) in [6, 6.07) is 13.3. The number of nitrogens with two attached hydrogens (primary N) is 1. The number of amides is 1. The van der Waals surface area contributed by atoms with Crippen molar-refractivity contribution in [1.82, 2.24) is 16.2 Å². The van der Waals surface area contributed by atoms with Crippen LogP contribution in [0.15, 0.2) is 42.5 Å². The Bertz CT molecular complexity index is 727. The average molecular weight is 326 g/mol. The van der Waals surface area contributed by atoms with E-state index in [-0.39, 0.29) is 5.91 Å². The van der Waals surface area contributed by atoms with Crippen molar-refractivity contribution in [1.29, 1.82) is 0 Å². The van der Waals surface area contributed by atoms with E-state index >= 15 is 0 Å². The maximum absolute atomic E-state index is 12.4. The molecule has 6 nitrogen and oxygen atoms in total. The predicted octanol–water partition coefficient (Wildman–Crippen LogP) is 1.40. The quantitative estimate of drug-likeness (QED) is 0.624. The maximum Gasteiger partial charge on any atom is 0.253 e. The third kappa shape index (κ3) is 3.67. The normalized spacial score (nSPS) is 14.5. The van der Waals surface area contributed by atoms with Crippen molar-refractivity contribution in [3.63, 3.8) is 0 Å². The number of ether oxygens (including phenoxy) is 1. The van der Waals surface area contributed by atoms with E-state index in [9.17, 15) is 4.79 Å². The second kappa shape index (κ2) is 7.33. The van der Waals surface area contributed by atoms with Crippen molar-refractivity contribution in [2.75, 3.05) is 25.9 Å². The van der Waals surface area contributed by atoms with Gasteiger partial charge in [-0.3, -0.25) is 15.6 Å². The van der Waals surface area contributed by atoms with Crippen LogP contribution in [0.2, 0.25) is 0 Å². The number of anilines is 1. The van der Waals surface area contributed by atoms with Crippen LogP contribution >= 0.6 is 0 Å². The Hall–Kier alpha value is -2.57. The molecule has 1 fully saturated rings. The summed E-state index contributed by atoms with van der Waals surface area (Å²) in [7, 11) is 1.62. The molecular formula is C18H22N4O2. The Balaban J connectivity index is 1.66. The summed E-state index contributed by atoms with van der Waals surface area (Å²) in [5, 5.41) is 2.90. The summed E-state index contributed by atoms with van der Waals surface area (Å²) < 4.78 is 5.18. The van der Waals surface area contributed by atoms with Gasteiger partial charge in [-0.15, -0.1) is 0 Å². The number of hydrogen-bond donors (Lipinski definition) is 4. The fourth-order valence-electron chi connectivity index (χ4n) is 2.80. The highest BCUT2D eigenvalue weighted by Crippen LogP contribution is 2.22. The molecule has 0 radical (unpaired) electrons. The lowest BCUT2D eigenvalue weighted by atomic mass is 9.97. The largest absolute Gasteiger partial charge is 0.497 e. The first-order valence-electron chi connectivity index (χ1n) is 7.93. The molecule has 0 atom stereocenters. The number of carbonyl (C=O) groups is 1. The maximum atomic E-state index is 12.4. The van der Waals surface area contributed by atoms with Gasteiger partial charge in [-0.25, -0.2) is 0 Å². The van der Waals surface area contributed by atoms with Crippen LogP contribution in [0.3, 0.4) is 0 Å². The van der Waals surface area contributed by atoms with Crippen molar-refractivity contribution in [3.8, 4) is 5.75 Å². The topological polar surface area (TPSA) is 88.4 Å². The predicted molar refractivity (Wildman–Crippen MR) is 93.8 cm³/mol. The standard InChI is InChI=1S/C18H22N4O2/c1-24-15-4-2-3-12(7-15)9-20-18(23)16-6-5-13(8-17(16)19)14-10-21-22-11-14/h2-8,14,21-22H,9-11,19H2,1H3,(H,20,23). The summed E-state index contributed by atoms with van der Waals surface area (Å²) >= 11 is 0. The summed E-state index contributed by atoms with van der Waals surface area (Å²) in [5.74, 6) is 0.968. The molecule has 1 aliphatic heterocycles. The molecule has 126 valence electrons.